The highest BCUT2D eigenvalue weighted by Gasteiger charge is 2.45. The molecular weight excluding hydrogens is 460 g/mol. The van der Waals surface area contributed by atoms with E-state index in [1.807, 2.05) is 6.26 Å². The van der Waals surface area contributed by atoms with Crippen molar-refractivity contribution in [3.63, 3.8) is 0 Å². The van der Waals surface area contributed by atoms with Crippen LogP contribution in [0.3, 0.4) is 0 Å². The summed E-state index contributed by atoms with van der Waals surface area (Å²) in [7, 11) is 0. The molecule has 1 aromatic heterocycles. The molecule has 2 aliphatic carbocycles. The van der Waals surface area contributed by atoms with Crippen LogP contribution in [0.25, 0.3) is 0 Å². The Labute approximate surface area is 210 Å². The Morgan fingerprint density at radius 3 is 2.53 bits per heavy atom. The van der Waals surface area contributed by atoms with Gasteiger partial charge in [-0.1, -0.05) is 32.4 Å². The number of carbonyl (C=O) groups excluding carboxylic acids is 2. The Morgan fingerprint density at radius 1 is 1.09 bits per heavy atom. The van der Waals surface area contributed by atoms with Gasteiger partial charge in [-0.25, -0.2) is 0 Å². The lowest BCUT2D eigenvalue weighted by Gasteiger charge is -2.42. The number of anilines is 1. The van der Waals surface area contributed by atoms with Gasteiger partial charge in [0.15, 0.2) is 5.78 Å². The molecule has 6 heteroatoms. The van der Waals surface area contributed by atoms with Crippen molar-refractivity contribution < 1.29 is 9.59 Å². The first-order chi connectivity index (χ1) is 16.3. The normalized spacial score (nSPS) is 22.2. The zero-order valence-corrected chi connectivity index (χ0v) is 21.7. The van der Waals surface area contributed by atoms with Gasteiger partial charge in [0.2, 0.25) is 5.91 Å². The number of rotatable bonds is 3. The average molecular weight is 491 g/mol. The summed E-state index contributed by atoms with van der Waals surface area (Å²) in [5.74, 6) is -0.0861. The number of benzene rings is 1. The molecule has 0 radical (unpaired) electrons. The summed E-state index contributed by atoms with van der Waals surface area (Å²) in [5, 5.41) is 10.9. The molecule has 1 aromatic carbocycles. The SMILES string of the molecule is CSc1ccc([C@H]2CC(=O)N(c3sc4c(c3C#N)CCCCC4)C3=C2C(=O)CC(C)(C)C3)cc1. The van der Waals surface area contributed by atoms with Crippen molar-refractivity contribution in [3.8, 4) is 6.07 Å². The zero-order valence-electron chi connectivity index (χ0n) is 20.1. The molecule has 34 heavy (non-hydrogen) atoms. The van der Waals surface area contributed by atoms with Gasteiger partial charge in [-0.15, -0.1) is 23.1 Å². The summed E-state index contributed by atoms with van der Waals surface area (Å²) in [6, 6.07) is 10.7. The number of nitrogens with zero attached hydrogens (tertiary/aromatic N) is 2. The van der Waals surface area contributed by atoms with Gasteiger partial charge in [0.25, 0.3) is 0 Å². The predicted octanol–water partition coefficient (Wildman–Crippen LogP) is 6.77. The molecule has 0 fully saturated rings. The molecule has 3 aliphatic rings. The quantitative estimate of drug-likeness (QED) is 0.352. The van der Waals surface area contributed by atoms with Crippen LogP contribution in [-0.4, -0.2) is 17.9 Å². The highest BCUT2D eigenvalue weighted by Crippen LogP contribution is 2.51. The second kappa shape index (κ2) is 9.02. The van der Waals surface area contributed by atoms with Crippen molar-refractivity contribution in [1.82, 2.24) is 0 Å². The summed E-state index contributed by atoms with van der Waals surface area (Å²) in [4.78, 5) is 31.5. The van der Waals surface area contributed by atoms with Crippen LogP contribution in [0, 0.1) is 16.7 Å². The number of fused-ring (bicyclic) bond motifs is 1. The monoisotopic (exact) mass is 490 g/mol. The van der Waals surface area contributed by atoms with E-state index in [0.29, 0.717) is 18.4 Å². The van der Waals surface area contributed by atoms with Gasteiger partial charge in [-0.2, -0.15) is 5.26 Å². The maximum Gasteiger partial charge on any atom is 0.232 e. The van der Waals surface area contributed by atoms with E-state index in [2.05, 4.69) is 44.2 Å². The fourth-order valence-electron chi connectivity index (χ4n) is 5.77. The number of amides is 1. The van der Waals surface area contributed by atoms with Gasteiger partial charge < -0.3 is 0 Å². The summed E-state index contributed by atoms with van der Waals surface area (Å²) in [6.07, 6.45) is 8.70. The molecule has 0 unspecified atom stereocenters. The molecule has 0 N–H and O–H groups in total. The first-order valence-electron chi connectivity index (χ1n) is 12.1. The number of thiophene rings is 1. The molecule has 1 aliphatic heterocycles. The van der Waals surface area contributed by atoms with E-state index >= 15 is 0 Å². The van der Waals surface area contributed by atoms with E-state index in [9.17, 15) is 14.9 Å². The first-order valence-corrected chi connectivity index (χ1v) is 14.1. The second-order valence-electron chi connectivity index (χ2n) is 10.4. The van der Waals surface area contributed by atoms with Crippen LogP contribution >= 0.6 is 23.1 Å². The predicted molar refractivity (Wildman–Crippen MR) is 138 cm³/mol. The minimum Gasteiger partial charge on any atom is -0.294 e. The van der Waals surface area contributed by atoms with E-state index < -0.39 is 0 Å². The largest absolute Gasteiger partial charge is 0.294 e. The number of carbonyl (C=O) groups is 2. The molecular formula is C28H30N2O2S2. The van der Waals surface area contributed by atoms with Crippen molar-refractivity contribution >= 4 is 39.8 Å². The average Bonchev–Trinajstić information content (AvgIpc) is 2.97. The second-order valence-corrected chi connectivity index (χ2v) is 12.4. The van der Waals surface area contributed by atoms with Crippen LogP contribution in [0.1, 0.15) is 79.9 Å². The summed E-state index contributed by atoms with van der Waals surface area (Å²) in [5.41, 5.74) is 4.19. The van der Waals surface area contributed by atoms with Gasteiger partial charge in [-0.3, -0.25) is 14.5 Å². The summed E-state index contributed by atoms with van der Waals surface area (Å²) < 4.78 is 0. The Balaban J connectivity index is 1.67. The Hall–Kier alpha value is -2.36. The molecule has 2 heterocycles. The Morgan fingerprint density at radius 2 is 1.82 bits per heavy atom. The fourth-order valence-corrected chi connectivity index (χ4v) is 7.56. The Bertz CT molecular complexity index is 1230. The highest BCUT2D eigenvalue weighted by atomic mass is 32.2. The molecule has 1 atom stereocenters. The first kappa shape index (κ1) is 23.4. The number of aryl methyl sites for hydroxylation is 1. The van der Waals surface area contributed by atoms with Crippen LogP contribution in [0.4, 0.5) is 5.00 Å². The number of Topliss-reactive ketones (excluding diaryl/α,β-unsaturated/α-hetero) is 1. The minimum atomic E-state index is -0.222. The third-order valence-corrected chi connectivity index (χ3v) is 9.40. The summed E-state index contributed by atoms with van der Waals surface area (Å²) >= 11 is 3.28. The van der Waals surface area contributed by atoms with Gasteiger partial charge in [0, 0.05) is 39.8 Å². The molecule has 0 bridgehead atoms. The number of nitriles is 1. The van der Waals surface area contributed by atoms with E-state index in [4.69, 9.17) is 0 Å². The van der Waals surface area contributed by atoms with Gasteiger partial charge >= 0.3 is 0 Å². The van der Waals surface area contributed by atoms with E-state index in [0.717, 1.165) is 58.0 Å². The van der Waals surface area contributed by atoms with Crippen molar-refractivity contribution in [1.29, 1.82) is 5.26 Å². The number of thioether (sulfide) groups is 1. The molecule has 5 rings (SSSR count). The summed E-state index contributed by atoms with van der Waals surface area (Å²) in [6.45, 7) is 4.20. The van der Waals surface area contributed by atoms with Crippen LogP contribution in [0.15, 0.2) is 40.4 Å². The van der Waals surface area contributed by atoms with E-state index in [1.54, 1.807) is 28.0 Å². The lowest BCUT2D eigenvalue weighted by Crippen LogP contribution is -2.43. The maximum absolute atomic E-state index is 13.8. The maximum atomic E-state index is 13.8. The zero-order chi connectivity index (χ0) is 24.0. The molecule has 0 saturated heterocycles. The minimum absolute atomic E-state index is 0.00361. The van der Waals surface area contributed by atoms with Crippen molar-refractivity contribution in [2.45, 2.75) is 76.0 Å². The van der Waals surface area contributed by atoms with Crippen molar-refractivity contribution in [3.05, 3.63) is 57.1 Å². The van der Waals surface area contributed by atoms with Gasteiger partial charge in [0.05, 0.1) is 5.56 Å². The standard InChI is InChI=1S/C28H30N2O2S2/c1-28(2)14-22-26(23(31)15-28)20(17-9-11-18(33-3)12-10-17)13-25(32)30(22)27-21(16-29)19-7-5-4-6-8-24(19)34-27/h9-12,20H,4-8,13-15H2,1-3H3/t20-/m1/s1. The third-order valence-electron chi connectivity index (χ3n) is 7.38. The van der Waals surface area contributed by atoms with Gasteiger partial charge in [-0.05, 0) is 67.0 Å². The number of allylic oxidation sites excluding steroid dienone is 2. The van der Waals surface area contributed by atoms with Crippen LogP contribution in [0.2, 0.25) is 0 Å². The molecule has 176 valence electrons. The number of hydrogen-bond donors (Lipinski definition) is 0. The van der Waals surface area contributed by atoms with Crippen molar-refractivity contribution in [2.75, 3.05) is 11.2 Å². The molecule has 2 aromatic rings. The van der Waals surface area contributed by atoms with Crippen LogP contribution in [-0.2, 0) is 22.4 Å². The smallest absolute Gasteiger partial charge is 0.232 e. The molecule has 0 spiro atoms. The van der Waals surface area contributed by atoms with E-state index in [-0.39, 0.29) is 29.4 Å². The molecule has 1 amide bonds. The van der Waals surface area contributed by atoms with Crippen molar-refractivity contribution in [2.24, 2.45) is 5.41 Å². The molecule has 0 saturated carbocycles. The molecule has 4 nitrogen and oxygen atoms in total. The van der Waals surface area contributed by atoms with Crippen LogP contribution in [0.5, 0.6) is 0 Å². The number of ketones is 1. The Kier molecular flexibility index (Phi) is 6.20. The lowest BCUT2D eigenvalue weighted by atomic mass is 9.69. The highest BCUT2D eigenvalue weighted by molar-refractivity contribution is 7.98. The van der Waals surface area contributed by atoms with Crippen LogP contribution < -0.4 is 4.90 Å². The van der Waals surface area contributed by atoms with Gasteiger partial charge in [0.1, 0.15) is 11.1 Å². The van der Waals surface area contributed by atoms with E-state index in [1.165, 1.54) is 11.3 Å². The third kappa shape index (κ3) is 4.03. The fraction of sp³-hybridized carbons (Fsp3) is 0.464. The number of hydrogen-bond acceptors (Lipinski definition) is 5. The lowest BCUT2D eigenvalue weighted by molar-refractivity contribution is -0.120. The topological polar surface area (TPSA) is 61.2 Å².